The van der Waals surface area contributed by atoms with E-state index >= 15 is 0 Å². The van der Waals surface area contributed by atoms with Gasteiger partial charge < -0.3 is 24.6 Å². The van der Waals surface area contributed by atoms with E-state index in [1.165, 1.54) is 24.3 Å². The molecule has 0 saturated heterocycles. The number of rotatable bonds is 8. The molecule has 220 valence electrons. The Morgan fingerprint density at radius 3 is 2.44 bits per heavy atom. The maximum absolute atomic E-state index is 13.1. The fourth-order valence-electron chi connectivity index (χ4n) is 3.59. The molecule has 0 saturated carbocycles. The van der Waals surface area contributed by atoms with E-state index in [1.807, 2.05) is 0 Å². The van der Waals surface area contributed by atoms with Crippen molar-refractivity contribution in [1.29, 1.82) is 0 Å². The number of amidine groups is 1. The minimum Gasteiger partial charge on any atom is -0.463 e. The minimum atomic E-state index is -5.12. The molecular formula is C22H18ClF6N7O5. The van der Waals surface area contributed by atoms with Gasteiger partial charge in [-0.25, -0.2) is 19.8 Å². The molecule has 3 heterocycles. The Hall–Kier alpha value is -4.16. The van der Waals surface area contributed by atoms with Gasteiger partial charge in [-0.15, -0.1) is 18.3 Å². The first-order valence-electron chi connectivity index (χ1n) is 11.2. The lowest BCUT2D eigenvalue weighted by Crippen LogP contribution is -2.49. The number of hydrazone groups is 1. The number of aromatic nitrogens is 4. The van der Waals surface area contributed by atoms with Crippen LogP contribution in [-0.2, 0) is 11.3 Å². The van der Waals surface area contributed by atoms with E-state index in [1.54, 1.807) is 0 Å². The van der Waals surface area contributed by atoms with Crippen molar-refractivity contribution < 1.29 is 50.8 Å². The Morgan fingerprint density at radius 2 is 1.83 bits per heavy atom. The summed E-state index contributed by atoms with van der Waals surface area (Å²) in [5, 5.41) is 29.8. The minimum absolute atomic E-state index is 0.185. The molecule has 3 aromatic rings. The number of aliphatic hydroxyl groups excluding tert-OH is 2. The molecule has 2 atom stereocenters. The van der Waals surface area contributed by atoms with Gasteiger partial charge in [0.1, 0.15) is 6.54 Å². The van der Waals surface area contributed by atoms with Crippen LogP contribution >= 0.6 is 11.6 Å². The summed E-state index contributed by atoms with van der Waals surface area (Å²) in [6, 6.07) is 7.72. The number of halogens is 7. The smallest absolute Gasteiger partial charge is 0.463 e. The fraction of sp³-hybridized carbons (Fsp3) is 0.318. The molecule has 4 rings (SSSR count). The summed E-state index contributed by atoms with van der Waals surface area (Å²) in [7, 11) is 0.976. The molecule has 1 aliphatic rings. The molecule has 0 radical (unpaired) electrons. The van der Waals surface area contributed by atoms with Crippen molar-refractivity contribution in [2.45, 2.75) is 31.5 Å². The molecule has 1 aromatic carbocycles. The van der Waals surface area contributed by atoms with Crippen molar-refractivity contribution in [3.05, 3.63) is 64.8 Å². The number of esters is 1. The molecule has 12 nitrogen and oxygen atoms in total. The predicted octanol–water partition coefficient (Wildman–Crippen LogP) is 2.68. The molecule has 41 heavy (non-hydrogen) atoms. The number of methoxy groups -OCH3 is 1. The van der Waals surface area contributed by atoms with Crippen LogP contribution in [-0.4, -0.2) is 90.3 Å². The highest BCUT2D eigenvalue weighted by molar-refractivity contribution is 6.30. The van der Waals surface area contributed by atoms with Crippen LogP contribution in [0.3, 0.4) is 0 Å². The van der Waals surface area contributed by atoms with Gasteiger partial charge in [-0.05, 0) is 36.4 Å². The van der Waals surface area contributed by atoms with E-state index in [4.69, 9.17) is 11.6 Å². The van der Waals surface area contributed by atoms with Crippen molar-refractivity contribution >= 4 is 23.4 Å². The number of aliphatic hydroxyl groups is 2. The molecule has 0 spiro atoms. The first-order valence-corrected chi connectivity index (χ1v) is 11.6. The number of carbonyl (C=O) groups is 1. The quantitative estimate of drug-likeness (QED) is 0.290. The number of ether oxygens (including phenoxy) is 2. The van der Waals surface area contributed by atoms with E-state index in [-0.39, 0.29) is 17.2 Å². The highest BCUT2D eigenvalue weighted by atomic mass is 35.5. The Labute approximate surface area is 231 Å². The largest absolute Gasteiger partial charge is 0.573 e. The number of β-amino-alcohol motifs (C(OH)–C–C–N with tert-alkyl or cyclic N) is 1. The summed E-state index contributed by atoms with van der Waals surface area (Å²) < 4.78 is 87.4. The van der Waals surface area contributed by atoms with E-state index in [9.17, 15) is 41.4 Å². The van der Waals surface area contributed by atoms with Crippen LogP contribution in [0.1, 0.15) is 22.0 Å². The zero-order chi connectivity index (χ0) is 30.1. The van der Waals surface area contributed by atoms with Crippen molar-refractivity contribution in [2.24, 2.45) is 5.10 Å². The van der Waals surface area contributed by atoms with Crippen LogP contribution < -0.4 is 4.74 Å². The number of nitrogens with zero attached hydrogens (tertiary/aromatic N) is 7. The number of benzene rings is 1. The molecule has 0 aliphatic carbocycles. The van der Waals surface area contributed by atoms with Gasteiger partial charge in [-0.1, -0.05) is 11.6 Å². The van der Waals surface area contributed by atoms with Crippen molar-refractivity contribution in [1.82, 2.24) is 29.7 Å². The SMILES string of the molecule is COC(=O)c1nc(CN2N=C(c3ccc(Cl)cc3)N(C[C@H](O)C(F)(F)F)C2O)nn1-c1ncccc1OC(F)(F)F. The number of hydrogen-bond donors (Lipinski definition) is 2. The molecule has 0 amide bonds. The van der Waals surface area contributed by atoms with Crippen LogP contribution in [0.25, 0.3) is 5.82 Å². The van der Waals surface area contributed by atoms with Crippen LogP contribution in [0.15, 0.2) is 47.7 Å². The third-order valence-electron chi connectivity index (χ3n) is 5.39. The van der Waals surface area contributed by atoms with E-state index in [0.29, 0.717) is 9.70 Å². The van der Waals surface area contributed by atoms with Gasteiger partial charge in [0.15, 0.2) is 29.3 Å². The second kappa shape index (κ2) is 11.4. The highest BCUT2D eigenvalue weighted by Gasteiger charge is 2.44. The van der Waals surface area contributed by atoms with Crippen molar-refractivity contribution in [3.63, 3.8) is 0 Å². The van der Waals surface area contributed by atoms with Gasteiger partial charge in [0, 0.05) is 16.8 Å². The van der Waals surface area contributed by atoms with E-state index in [2.05, 4.69) is 29.6 Å². The highest BCUT2D eigenvalue weighted by Crippen LogP contribution is 2.29. The molecule has 1 aliphatic heterocycles. The number of hydrogen-bond acceptors (Lipinski definition) is 11. The lowest BCUT2D eigenvalue weighted by molar-refractivity contribution is -0.274. The van der Waals surface area contributed by atoms with Crippen LogP contribution in [0.2, 0.25) is 5.02 Å². The molecule has 19 heteroatoms. The topological polar surface area (TPSA) is 138 Å². The molecular weight excluding hydrogens is 592 g/mol. The number of pyridine rings is 1. The van der Waals surface area contributed by atoms with E-state index < -0.39 is 61.4 Å². The lowest BCUT2D eigenvalue weighted by atomic mass is 10.2. The molecule has 1 unspecified atom stereocenters. The summed E-state index contributed by atoms with van der Waals surface area (Å²) in [5.41, 5.74) is 0.224. The predicted molar refractivity (Wildman–Crippen MR) is 125 cm³/mol. The summed E-state index contributed by atoms with van der Waals surface area (Å²) >= 11 is 5.88. The van der Waals surface area contributed by atoms with Crippen LogP contribution in [0.5, 0.6) is 5.75 Å². The van der Waals surface area contributed by atoms with Crippen molar-refractivity contribution in [3.8, 4) is 11.6 Å². The van der Waals surface area contributed by atoms with Gasteiger partial charge in [0.25, 0.3) is 0 Å². The normalized spacial score (nSPS) is 16.5. The van der Waals surface area contributed by atoms with Crippen LogP contribution in [0, 0.1) is 0 Å². The van der Waals surface area contributed by atoms with Gasteiger partial charge in [0.05, 0.1) is 13.7 Å². The zero-order valence-corrected chi connectivity index (χ0v) is 21.3. The maximum Gasteiger partial charge on any atom is 0.573 e. The lowest BCUT2D eigenvalue weighted by Gasteiger charge is -2.29. The zero-order valence-electron chi connectivity index (χ0n) is 20.5. The summed E-state index contributed by atoms with van der Waals surface area (Å²) in [6.07, 6.45) is -13.8. The number of carbonyl (C=O) groups excluding carboxylic acids is 1. The Bertz CT molecular complexity index is 1430. The van der Waals surface area contributed by atoms with Crippen molar-refractivity contribution in [2.75, 3.05) is 13.7 Å². The first kappa shape index (κ1) is 29.8. The Kier molecular flexibility index (Phi) is 8.27. The second-order valence-corrected chi connectivity index (χ2v) is 8.65. The molecule has 0 fully saturated rings. The van der Waals surface area contributed by atoms with Gasteiger partial charge in [-0.2, -0.15) is 23.0 Å². The molecule has 0 bridgehead atoms. The van der Waals surface area contributed by atoms with Crippen LogP contribution in [0.4, 0.5) is 26.3 Å². The monoisotopic (exact) mass is 609 g/mol. The molecule has 2 N–H and O–H groups in total. The van der Waals surface area contributed by atoms with Gasteiger partial charge in [0.2, 0.25) is 12.2 Å². The third-order valence-corrected chi connectivity index (χ3v) is 5.64. The average molecular weight is 610 g/mol. The summed E-state index contributed by atoms with van der Waals surface area (Å²) in [4.78, 5) is 20.8. The summed E-state index contributed by atoms with van der Waals surface area (Å²) in [5.74, 6) is -3.70. The second-order valence-electron chi connectivity index (χ2n) is 8.21. The Balaban J connectivity index is 1.71. The maximum atomic E-state index is 13.1. The standard InChI is InChI=1S/C22H18ClF6N7O5/c1-40-19(38)18-31-15(32-36(18)17-13(3-2-8-30-17)41-22(27,28)29)10-35-20(39)34(9-14(37)21(24,25)26)16(33-35)11-4-6-12(23)7-5-11/h2-8,14,20,37,39H,9-10H2,1H3/t14-,20?/m0/s1. The first-order chi connectivity index (χ1) is 19.2. The summed E-state index contributed by atoms with van der Waals surface area (Å²) in [6.45, 7) is -1.69. The third kappa shape index (κ3) is 6.77. The number of alkyl halides is 6. The fourth-order valence-corrected chi connectivity index (χ4v) is 3.72. The van der Waals surface area contributed by atoms with Gasteiger partial charge >= 0.3 is 18.5 Å². The van der Waals surface area contributed by atoms with E-state index in [0.717, 1.165) is 35.3 Å². The molecule has 2 aromatic heterocycles. The van der Waals surface area contributed by atoms with Gasteiger partial charge in [-0.3, -0.25) is 0 Å². The Morgan fingerprint density at radius 1 is 1.15 bits per heavy atom. The average Bonchev–Trinajstić information content (AvgIpc) is 3.44.